The van der Waals surface area contributed by atoms with Gasteiger partial charge in [0.1, 0.15) is 6.04 Å². The van der Waals surface area contributed by atoms with Crippen molar-refractivity contribution in [2.45, 2.75) is 96.4 Å². The maximum absolute atomic E-state index is 12.7. The van der Waals surface area contributed by atoms with Gasteiger partial charge in [0.2, 0.25) is 0 Å². The van der Waals surface area contributed by atoms with E-state index < -0.39 is 23.9 Å². The van der Waals surface area contributed by atoms with Crippen LogP contribution in [0.25, 0.3) is 10.9 Å². The van der Waals surface area contributed by atoms with Gasteiger partial charge in [-0.05, 0) is 24.5 Å². The van der Waals surface area contributed by atoms with Crippen LogP contribution in [0.2, 0.25) is 0 Å². The number of carbonyl (C=O) groups excluding carboxylic acids is 2. The number of esters is 2. The SMILES string of the molecule is CCCCCCCCCCCCOC[C@H](N)C(=O)OC(=O)C(CC)c1c[nH]c2ccccc12. The van der Waals surface area contributed by atoms with Crippen LogP contribution in [-0.2, 0) is 19.1 Å². The summed E-state index contributed by atoms with van der Waals surface area (Å²) in [6, 6.07) is 6.79. The number of unbranched alkanes of at least 4 members (excludes halogenated alkanes) is 9. The van der Waals surface area contributed by atoms with Crippen molar-refractivity contribution in [3.63, 3.8) is 0 Å². The number of rotatable bonds is 17. The minimum absolute atomic E-state index is 0.0629. The van der Waals surface area contributed by atoms with E-state index in [1.165, 1.54) is 51.4 Å². The number of hydrogen-bond acceptors (Lipinski definition) is 5. The van der Waals surface area contributed by atoms with Crippen molar-refractivity contribution in [2.24, 2.45) is 5.73 Å². The first-order chi connectivity index (χ1) is 16.1. The number of H-pyrrole nitrogens is 1. The van der Waals surface area contributed by atoms with Crippen molar-refractivity contribution in [2.75, 3.05) is 13.2 Å². The van der Waals surface area contributed by atoms with Crippen molar-refractivity contribution in [3.8, 4) is 0 Å². The minimum atomic E-state index is -0.961. The molecule has 3 N–H and O–H groups in total. The summed E-state index contributed by atoms with van der Waals surface area (Å²) in [6.45, 7) is 4.77. The molecule has 2 aromatic rings. The zero-order chi connectivity index (χ0) is 23.9. The van der Waals surface area contributed by atoms with Crippen LogP contribution in [-0.4, -0.2) is 36.2 Å². The van der Waals surface area contributed by atoms with E-state index in [0.29, 0.717) is 13.0 Å². The van der Waals surface area contributed by atoms with Crippen LogP contribution in [0.5, 0.6) is 0 Å². The molecule has 2 atom stereocenters. The number of hydrogen-bond donors (Lipinski definition) is 2. The van der Waals surface area contributed by atoms with Gasteiger partial charge in [0, 0.05) is 23.7 Å². The van der Waals surface area contributed by atoms with E-state index in [9.17, 15) is 9.59 Å². The molecule has 0 fully saturated rings. The molecule has 1 heterocycles. The maximum Gasteiger partial charge on any atom is 0.332 e. The van der Waals surface area contributed by atoms with E-state index in [1.807, 2.05) is 31.2 Å². The van der Waals surface area contributed by atoms with E-state index in [0.717, 1.165) is 29.3 Å². The second-order valence-electron chi connectivity index (χ2n) is 8.85. The smallest absolute Gasteiger partial charge is 0.332 e. The van der Waals surface area contributed by atoms with Gasteiger partial charge in [-0.1, -0.05) is 89.8 Å². The Morgan fingerprint density at radius 3 is 2.21 bits per heavy atom. The molecule has 1 unspecified atom stereocenters. The third-order valence-electron chi connectivity index (χ3n) is 6.13. The molecular weight excluding hydrogens is 416 g/mol. The quantitative estimate of drug-likeness (QED) is 0.172. The van der Waals surface area contributed by atoms with Gasteiger partial charge in [-0.15, -0.1) is 0 Å². The molecular formula is C27H42N2O4. The lowest BCUT2D eigenvalue weighted by atomic mass is 9.96. The average Bonchev–Trinajstić information content (AvgIpc) is 3.24. The molecule has 0 saturated carbocycles. The molecule has 0 aliphatic rings. The van der Waals surface area contributed by atoms with Gasteiger partial charge in [-0.2, -0.15) is 0 Å². The zero-order valence-electron chi connectivity index (χ0n) is 20.4. The first kappa shape index (κ1) is 27.1. The average molecular weight is 459 g/mol. The predicted octanol–water partition coefficient (Wildman–Crippen LogP) is 6.00. The zero-order valence-corrected chi connectivity index (χ0v) is 20.4. The van der Waals surface area contributed by atoms with Gasteiger partial charge in [-0.25, -0.2) is 4.79 Å². The first-order valence-corrected chi connectivity index (χ1v) is 12.7. The van der Waals surface area contributed by atoms with E-state index in [2.05, 4.69) is 11.9 Å². The van der Waals surface area contributed by atoms with Crippen LogP contribution in [0, 0.1) is 0 Å². The van der Waals surface area contributed by atoms with E-state index >= 15 is 0 Å². The predicted molar refractivity (Wildman–Crippen MR) is 133 cm³/mol. The van der Waals surface area contributed by atoms with Gasteiger partial charge >= 0.3 is 11.9 Å². The lowest BCUT2D eigenvalue weighted by Gasteiger charge is -2.15. The van der Waals surface area contributed by atoms with Crippen molar-refractivity contribution in [1.29, 1.82) is 0 Å². The molecule has 6 nitrogen and oxygen atoms in total. The lowest BCUT2D eigenvalue weighted by Crippen LogP contribution is -2.38. The fraction of sp³-hybridized carbons (Fsp3) is 0.630. The Kier molecular flexibility index (Phi) is 12.8. The highest BCUT2D eigenvalue weighted by atomic mass is 16.6. The van der Waals surface area contributed by atoms with E-state index in [-0.39, 0.29) is 6.61 Å². The number of carbonyl (C=O) groups is 2. The molecule has 0 aliphatic heterocycles. The summed E-state index contributed by atoms with van der Waals surface area (Å²) in [5.74, 6) is -1.83. The van der Waals surface area contributed by atoms with E-state index in [1.54, 1.807) is 6.20 Å². The number of benzene rings is 1. The van der Waals surface area contributed by atoms with Crippen molar-refractivity contribution >= 4 is 22.8 Å². The third kappa shape index (κ3) is 9.30. The molecule has 184 valence electrons. The summed E-state index contributed by atoms with van der Waals surface area (Å²) in [4.78, 5) is 28.1. The Morgan fingerprint density at radius 2 is 1.55 bits per heavy atom. The molecule has 0 amide bonds. The number of aromatic nitrogens is 1. The molecule has 1 aromatic heterocycles. The van der Waals surface area contributed by atoms with Crippen molar-refractivity contribution < 1.29 is 19.1 Å². The summed E-state index contributed by atoms with van der Waals surface area (Å²) in [6.07, 6.45) is 14.9. The monoisotopic (exact) mass is 458 g/mol. The molecule has 0 spiro atoms. The molecule has 0 saturated heterocycles. The van der Waals surface area contributed by atoms with Crippen molar-refractivity contribution in [1.82, 2.24) is 4.98 Å². The summed E-state index contributed by atoms with van der Waals surface area (Å²) in [5, 5.41) is 0.956. The van der Waals surface area contributed by atoms with Gasteiger partial charge in [0.15, 0.2) is 0 Å². The molecule has 33 heavy (non-hydrogen) atoms. The van der Waals surface area contributed by atoms with Crippen LogP contribution in [0.4, 0.5) is 0 Å². The standard InChI is InChI=1S/C27H42N2O4/c1-3-5-6-7-8-9-10-11-12-15-18-32-20-24(28)27(31)33-26(30)21(4-2)23-19-29-25-17-14-13-16-22(23)25/h13-14,16-17,19,21,24,29H,3-12,15,18,20,28H2,1-2H3/t21?,24-/m0/s1. The number of para-hydroxylation sites is 1. The largest absolute Gasteiger partial charge is 0.391 e. The number of fused-ring (bicyclic) bond motifs is 1. The highest BCUT2D eigenvalue weighted by Crippen LogP contribution is 2.28. The first-order valence-electron chi connectivity index (χ1n) is 12.7. The molecule has 2 rings (SSSR count). The summed E-state index contributed by atoms with van der Waals surface area (Å²) >= 11 is 0. The summed E-state index contributed by atoms with van der Waals surface area (Å²) < 4.78 is 10.6. The Bertz CT molecular complexity index is 832. The third-order valence-corrected chi connectivity index (χ3v) is 6.13. The van der Waals surface area contributed by atoms with Crippen LogP contribution in [0.1, 0.15) is 96.0 Å². The Balaban J connectivity index is 1.61. The number of nitrogens with one attached hydrogen (secondary N) is 1. The molecule has 0 bridgehead atoms. The van der Waals surface area contributed by atoms with Gasteiger partial charge < -0.3 is 20.2 Å². The molecule has 6 heteroatoms. The highest BCUT2D eigenvalue weighted by Gasteiger charge is 2.27. The fourth-order valence-electron chi connectivity index (χ4n) is 4.11. The highest BCUT2D eigenvalue weighted by molar-refractivity contribution is 5.95. The molecule has 0 aliphatic carbocycles. The van der Waals surface area contributed by atoms with Gasteiger partial charge in [0.05, 0.1) is 12.5 Å². The Labute approximate surface area is 198 Å². The van der Waals surface area contributed by atoms with E-state index in [4.69, 9.17) is 15.2 Å². The van der Waals surface area contributed by atoms with Crippen LogP contribution >= 0.6 is 0 Å². The fourth-order valence-corrected chi connectivity index (χ4v) is 4.11. The van der Waals surface area contributed by atoms with Crippen molar-refractivity contribution in [3.05, 3.63) is 36.0 Å². The molecule has 1 aromatic carbocycles. The topological polar surface area (TPSA) is 94.4 Å². The number of nitrogens with two attached hydrogens (primary N) is 1. The van der Waals surface area contributed by atoms with Crippen LogP contribution in [0.15, 0.2) is 30.5 Å². The molecule has 0 radical (unpaired) electrons. The maximum atomic E-state index is 12.7. The summed E-state index contributed by atoms with van der Waals surface area (Å²) in [5.41, 5.74) is 7.67. The summed E-state index contributed by atoms with van der Waals surface area (Å²) in [7, 11) is 0. The Morgan fingerprint density at radius 1 is 0.909 bits per heavy atom. The second kappa shape index (κ2) is 15.6. The van der Waals surface area contributed by atoms with Crippen LogP contribution in [0.3, 0.4) is 0 Å². The van der Waals surface area contributed by atoms with Gasteiger partial charge in [0.25, 0.3) is 0 Å². The number of ether oxygens (including phenoxy) is 2. The van der Waals surface area contributed by atoms with Crippen LogP contribution < -0.4 is 5.73 Å². The number of aromatic amines is 1. The second-order valence-corrected chi connectivity index (χ2v) is 8.85. The lowest BCUT2D eigenvalue weighted by molar-refractivity contribution is -0.162. The van der Waals surface area contributed by atoms with Gasteiger partial charge in [-0.3, -0.25) is 4.79 Å². The Hall–Kier alpha value is -2.18. The minimum Gasteiger partial charge on any atom is -0.391 e. The normalized spacial score (nSPS) is 13.2.